The number of aromatic nitrogens is 4. The molecule has 0 atom stereocenters. The molecule has 12 heteroatoms. The van der Waals surface area contributed by atoms with E-state index in [1.54, 1.807) is 0 Å². The quantitative estimate of drug-likeness (QED) is 0.640. The lowest BCUT2D eigenvalue weighted by Gasteiger charge is -2.09. The van der Waals surface area contributed by atoms with Crippen LogP contribution in [0.2, 0.25) is 0 Å². The van der Waals surface area contributed by atoms with Gasteiger partial charge in [-0.3, -0.25) is 24.7 Å². The molecule has 2 aromatic rings. The van der Waals surface area contributed by atoms with E-state index < -0.39 is 28.4 Å². The van der Waals surface area contributed by atoms with Crippen molar-refractivity contribution < 1.29 is 22.9 Å². The normalized spacial score (nSPS) is 11.5. The Bertz CT molecular complexity index is 736. The number of nitrogens with one attached hydrogen (secondary N) is 2. The summed E-state index contributed by atoms with van der Waals surface area (Å²) in [4.78, 5) is 21.6. The molecule has 0 spiro atoms. The fraction of sp³-hybridized carbons (Fsp3) is 0.364. The zero-order valence-electron chi connectivity index (χ0n) is 11.7. The Labute approximate surface area is 126 Å². The smallest absolute Gasteiger partial charge is 0.323 e. The van der Waals surface area contributed by atoms with Gasteiger partial charge in [0.05, 0.1) is 16.3 Å². The third-order valence-electron chi connectivity index (χ3n) is 2.88. The summed E-state index contributed by atoms with van der Waals surface area (Å²) >= 11 is 0. The second-order valence-electron chi connectivity index (χ2n) is 4.59. The largest absolute Gasteiger partial charge is 0.437 e. The first-order valence-electron chi connectivity index (χ1n) is 6.27. The van der Waals surface area contributed by atoms with Gasteiger partial charge in [0.25, 0.3) is 0 Å². The molecule has 0 aliphatic carbocycles. The van der Waals surface area contributed by atoms with E-state index in [0.29, 0.717) is 0 Å². The molecule has 2 heterocycles. The molecule has 0 unspecified atom stereocenters. The van der Waals surface area contributed by atoms with Crippen LogP contribution in [-0.2, 0) is 17.5 Å². The minimum Gasteiger partial charge on any atom is -0.323 e. The van der Waals surface area contributed by atoms with Gasteiger partial charge in [0.2, 0.25) is 5.91 Å². The van der Waals surface area contributed by atoms with E-state index in [9.17, 15) is 28.1 Å². The highest BCUT2D eigenvalue weighted by Crippen LogP contribution is 2.34. The van der Waals surface area contributed by atoms with Crippen molar-refractivity contribution in [2.45, 2.75) is 26.1 Å². The minimum atomic E-state index is -4.70. The van der Waals surface area contributed by atoms with Gasteiger partial charge in [-0.2, -0.15) is 23.4 Å². The van der Waals surface area contributed by atoms with Crippen LogP contribution in [0.3, 0.4) is 0 Å². The zero-order valence-corrected chi connectivity index (χ0v) is 11.7. The van der Waals surface area contributed by atoms with E-state index in [0.717, 1.165) is 17.1 Å². The molecule has 2 rings (SSSR count). The number of amides is 1. The molecule has 0 fully saturated rings. The van der Waals surface area contributed by atoms with Gasteiger partial charge in [0.15, 0.2) is 5.69 Å². The van der Waals surface area contributed by atoms with Crippen molar-refractivity contribution in [1.82, 2.24) is 20.0 Å². The van der Waals surface area contributed by atoms with Gasteiger partial charge in [0.1, 0.15) is 12.4 Å². The number of carbonyl (C=O) groups is 1. The molecule has 0 aromatic carbocycles. The van der Waals surface area contributed by atoms with Gasteiger partial charge in [0, 0.05) is 13.0 Å². The van der Waals surface area contributed by atoms with E-state index in [1.165, 1.54) is 6.92 Å². The third kappa shape index (κ3) is 3.84. The summed E-state index contributed by atoms with van der Waals surface area (Å²) in [5.41, 5.74) is -1.82. The van der Waals surface area contributed by atoms with Crippen molar-refractivity contribution in [3.05, 3.63) is 33.9 Å². The number of hydrogen-bond donors (Lipinski definition) is 2. The molecule has 0 aliphatic rings. The molecule has 1 amide bonds. The number of aryl methyl sites for hydroxylation is 2. The lowest BCUT2D eigenvalue weighted by atomic mass is 10.2. The summed E-state index contributed by atoms with van der Waals surface area (Å²) in [7, 11) is 0. The average molecular weight is 332 g/mol. The summed E-state index contributed by atoms with van der Waals surface area (Å²) in [5.74, 6) is -0.696. The second-order valence-corrected chi connectivity index (χ2v) is 4.59. The Hall–Kier alpha value is -2.92. The SMILES string of the molecule is Cc1[nH]nc(C(F)(F)F)c1NC(=O)CCn1cc([N+](=O)[O-])cn1. The highest BCUT2D eigenvalue weighted by molar-refractivity contribution is 5.91. The number of rotatable bonds is 5. The van der Waals surface area contributed by atoms with Gasteiger partial charge in [-0.15, -0.1) is 0 Å². The molecule has 0 aliphatic heterocycles. The first-order chi connectivity index (χ1) is 10.7. The molecule has 2 N–H and O–H groups in total. The third-order valence-corrected chi connectivity index (χ3v) is 2.88. The van der Waals surface area contributed by atoms with Gasteiger partial charge >= 0.3 is 11.9 Å². The lowest BCUT2D eigenvalue weighted by Crippen LogP contribution is -2.18. The van der Waals surface area contributed by atoms with E-state index in [1.807, 2.05) is 0 Å². The van der Waals surface area contributed by atoms with Crippen LogP contribution in [0.4, 0.5) is 24.5 Å². The fourth-order valence-electron chi connectivity index (χ4n) is 1.77. The Kier molecular flexibility index (Phi) is 4.33. The molecule has 0 radical (unpaired) electrons. The highest BCUT2D eigenvalue weighted by Gasteiger charge is 2.38. The van der Waals surface area contributed by atoms with Crippen LogP contribution in [0.5, 0.6) is 0 Å². The van der Waals surface area contributed by atoms with Crippen LogP contribution >= 0.6 is 0 Å². The number of alkyl halides is 3. The number of nitro groups is 1. The predicted octanol–water partition coefficient (Wildman–Crippen LogP) is 1.87. The van der Waals surface area contributed by atoms with Crippen LogP contribution in [0.15, 0.2) is 12.4 Å². The minimum absolute atomic E-state index is 0.0159. The van der Waals surface area contributed by atoms with E-state index in [2.05, 4.69) is 20.6 Å². The fourth-order valence-corrected chi connectivity index (χ4v) is 1.77. The summed E-state index contributed by atoms with van der Waals surface area (Å²) in [5, 5.41) is 21.6. The molecule has 0 saturated heterocycles. The van der Waals surface area contributed by atoms with Crippen LogP contribution in [0, 0.1) is 17.0 Å². The zero-order chi connectivity index (χ0) is 17.2. The summed E-state index contributed by atoms with van der Waals surface area (Å²) in [6.07, 6.45) is -2.77. The molecule has 0 bridgehead atoms. The molecular weight excluding hydrogens is 321 g/mol. The summed E-state index contributed by atoms with van der Waals surface area (Å²) in [6.45, 7) is 1.33. The standard InChI is InChI=1S/C11H11F3N6O3/c1-6-9(10(18-17-6)11(12,13)14)16-8(21)2-3-19-5-7(4-15-19)20(22)23/h4-5H,2-3H2,1H3,(H,16,21)(H,17,18). The van der Waals surface area contributed by atoms with Gasteiger partial charge in [-0.25, -0.2) is 0 Å². The molecule has 9 nitrogen and oxygen atoms in total. The van der Waals surface area contributed by atoms with Gasteiger partial charge < -0.3 is 5.32 Å². The molecule has 0 saturated carbocycles. The maximum atomic E-state index is 12.7. The number of halogens is 3. The molecule has 2 aromatic heterocycles. The van der Waals surface area contributed by atoms with Crippen molar-refractivity contribution >= 4 is 17.3 Å². The van der Waals surface area contributed by atoms with E-state index in [4.69, 9.17) is 0 Å². The number of anilines is 1. The lowest BCUT2D eigenvalue weighted by molar-refractivity contribution is -0.385. The number of nitrogens with zero attached hydrogens (tertiary/aromatic N) is 4. The molecule has 23 heavy (non-hydrogen) atoms. The topological polar surface area (TPSA) is 119 Å². The van der Waals surface area contributed by atoms with Crippen molar-refractivity contribution in [3.63, 3.8) is 0 Å². The Balaban J connectivity index is 2.00. The second kappa shape index (κ2) is 6.06. The number of carbonyl (C=O) groups excluding carboxylic acids is 1. The predicted molar refractivity (Wildman–Crippen MR) is 70.5 cm³/mol. The van der Waals surface area contributed by atoms with E-state index in [-0.39, 0.29) is 24.3 Å². The van der Waals surface area contributed by atoms with E-state index >= 15 is 0 Å². The van der Waals surface area contributed by atoms with Crippen molar-refractivity contribution in [2.75, 3.05) is 5.32 Å². The Morgan fingerprint density at radius 1 is 1.52 bits per heavy atom. The Morgan fingerprint density at radius 2 is 2.22 bits per heavy atom. The van der Waals surface area contributed by atoms with Crippen LogP contribution < -0.4 is 5.32 Å². The first-order valence-corrected chi connectivity index (χ1v) is 6.27. The monoisotopic (exact) mass is 332 g/mol. The number of hydrogen-bond acceptors (Lipinski definition) is 5. The van der Waals surface area contributed by atoms with Crippen LogP contribution in [-0.4, -0.2) is 30.8 Å². The first kappa shape index (κ1) is 16.5. The van der Waals surface area contributed by atoms with Gasteiger partial charge in [-0.05, 0) is 6.92 Å². The van der Waals surface area contributed by atoms with Crippen LogP contribution in [0.25, 0.3) is 0 Å². The molecular formula is C11H11F3N6O3. The maximum absolute atomic E-state index is 12.7. The van der Waals surface area contributed by atoms with Crippen molar-refractivity contribution in [2.24, 2.45) is 0 Å². The van der Waals surface area contributed by atoms with Crippen molar-refractivity contribution in [3.8, 4) is 0 Å². The number of H-pyrrole nitrogens is 1. The molecule has 124 valence electrons. The Morgan fingerprint density at radius 3 is 2.78 bits per heavy atom. The maximum Gasteiger partial charge on any atom is 0.437 e. The summed E-state index contributed by atoms with van der Waals surface area (Å²) < 4.78 is 39.3. The highest BCUT2D eigenvalue weighted by atomic mass is 19.4. The van der Waals surface area contributed by atoms with Gasteiger partial charge in [-0.1, -0.05) is 0 Å². The van der Waals surface area contributed by atoms with Crippen LogP contribution in [0.1, 0.15) is 17.8 Å². The number of aromatic amines is 1. The average Bonchev–Trinajstić information content (AvgIpc) is 3.04. The summed E-state index contributed by atoms with van der Waals surface area (Å²) in [6, 6.07) is 0. The van der Waals surface area contributed by atoms with Crippen molar-refractivity contribution in [1.29, 1.82) is 0 Å².